The number of nitrogens with zero attached hydrogens (tertiary/aromatic N) is 1. The molecule has 1 aromatic rings. The number of hydrogen-bond acceptors (Lipinski definition) is 5. The Bertz CT molecular complexity index is 817. The minimum absolute atomic E-state index is 0.108. The van der Waals surface area contributed by atoms with Crippen molar-refractivity contribution in [1.29, 1.82) is 0 Å². The molecule has 9 heteroatoms. The second kappa shape index (κ2) is 11.5. The van der Waals surface area contributed by atoms with Gasteiger partial charge < -0.3 is 25.6 Å². The van der Waals surface area contributed by atoms with Crippen molar-refractivity contribution in [2.75, 3.05) is 26.2 Å². The molecule has 0 aliphatic carbocycles. The Morgan fingerprint density at radius 1 is 1.03 bits per heavy atom. The molecule has 1 aromatic carbocycles. The Kier molecular flexibility index (Phi) is 9.04. The number of hydrogen-bond donors (Lipinski definition) is 3. The van der Waals surface area contributed by atoms with Crippen LogP contribution in [0.25, 0.3) is 0 Å². The Morgan fingerprint density at radius 2 is 1.69 bits per heavy atom. The van der Waals surface area contributed by atoms with Gasteiger partial charge in [-0.3, -0.25) is 14.4 Å². The van der Waals surface area contributed by atoms with E-state index in [1.54, 1.807) is 37.8 Å². The predicted molar refractivity (Wildman–Crippen MR) is 120 cm³/mol. The fourth-order valence-corrected chi connectivity index (χ4v) is 3.36. The molecule has 0 radical (unpaired) electrons. The average molecular weight is 447 g/mol. The van der Waals surface area contributed by atoms with Crippen LogP contribution in [-0.2, 0) is 20.9 Å². The summed E-state index contributed by atoms with van der Waals surface area (Å²) in [4.78, 5) is 49.7. The molecule has 1 fully saturated rings. The van der Waals surface area contributed by atoms with Crippen LogP contribution in [-0.4, -0.2) is 60.5 Å². The SMILES string of the molecule is CC(=O)NCc1ccc(C(=O)N2CCCC(C(=O)NCCNC(=O)OC(C)(C)C)C2)cc1. The van der Waals surface area contributed by atoms with Gasteiger partial charge in [0.05, 0.1) is 5.92 Å². The topological polar surface area (TPSA) is 117 Å². The zero-order chi connectivity index (χ0) is 23.7. The second-order valence-corrected chi connectivity index (χ2v) is 8.92. The summed E-state index contributed by atoms with van der Waals surface area (Å²) in [6.07, 6.45) is 0.940. The molecule has 1 saturated heterocycles. The van der Waals surface area contributed by atoms with Crippen molar-refractivity contribution >= 4 is 23.8 Å². The third kappa shape index (κ3) is 8.56. The van der Waals surface area contributed by atoms with Gasteiger partial charge in [0.15, 0.2) is 0 Å². The van der Waals surface area contributed by atoms with Crippen LogP contribution in [0.4, 0.5) is 4.79 Å². The number of amides is 4. The summed E-state index contributed by atoms with van der Waals surface area (Å²) in [7, 11) is 0. The zero-order valence-electron chi connectivity index (χ0n) is 19.3. The first-order chi connectivity index (χ1) is 15.0. The third-order valence-electron chi connectivity index (χ3n) is 4.91. The van der Waals surface area contributed by atoms with Crippen molar-refractivity contribution in [2.45, 2.75) is 52.7 Å². The van der Waals surface area contributed by atoms with E-state index in [0.29, 0.717) is 31.6 Å². The quantitative estimate of drug-likeness (QED) is 0.553. The lowest BCUT2D eigenvalue weighted by Crippen LogP contribution is -2.46. The van der Waals surface area contributed by atoms with Crippen molar-refractivity contribution in [3.63, 3.8) is 0 Å². The third-order valence-corrected chi connectivity index (χ3v) is 4.91. The number of nitrogens with one attached hydrogen (secondary N) is 3. The molecule has 2 rings (SSSR count). The molecular weight excluding hydrogens is 412 g/mol. The molecule has 1 heterocycles. The molecule has 1 aliphatic rings. The van der Waals surface area contributed by atoms with Crippen molar-refractivity contribution < 1.29 is 23.9 Å². The highest BCUT2D eigenvalue weighted by Crippen LogP contribution is 2.19. The summed E-state index contributed by atoms with van der Waals surface area (Å²) in [5.41, 5.74) is 0.892. The molecule has 0 bridgehead atoms. The number of benzene rings is 1. The smallest absolute Gasteiger partial charge is 0.407 e. The number of ether oxygens (including phenoxy) is 1. The molecule has 4 amide bonds. The molecular formula is C23H34N4O5. The molecule has 32 heavy (non-hydrogen) atoms. The fourth-order valence-electron chi connectivity index (χ4n) is 3.36. The monoisotopic (exact) mass is 446 g/mol. The van der Waals surface area contributed by atoms with Crippen LogP contribution in [0, 0.1) is 5.92 Å². The normalized spacial score (nSPS) is 16.1. The van der Waals surface area contributed by atoms with Gasteiger partial charge in [0.2, 0.25) is 11.8 Å². The summed E-state index contributed by atoms with van der Waals surface area (Å²) >= 11 is 0. The van der Waals surface area contributed by atoms with E-state index in [2.05, 4.69) is 16.0 Å². The van der Waals surface area contributed by atoms with Gasteiger partial charge in [-0.2, -0.15) is 0 Å². The Hall–Kier alpha value is -3.10. The van der Waals surface area contributed by atoms with E-state index in [0.717, 1.165) is 12.0 Å². The predicted octanol–water partition coefficient (Wildman–Crippen LogP) is 1.82. The van der Waals surface area contributed by atoms with E-state index in [4.69, 9.17) is 4.74 Å². The van der Waals surface area contributed by atoms with Crippen molar-refractivity contribution in [2.24, 2.45) is 5.92 Å². The summed E-state index contributed by atoms with van der Waals surface area (Å²) in [5.74, 6) is -0.629. The standard InChI is InChI=1S/C23H34N4O5/c1-16(28)26-14-17-7-9-18(10-8-17)21(30)27-13-5-6-19(15-27)20(29)24-11-12-25-22(31)32-23(2,3)4/h7-10,19H,5-6,11-15H2,1-4H3,(H,24,29)(H,25,31)(H,26,28). The number of rotatable bonds is 7. The molecule has 176 valence electrons. The molecule has 0 aromatic heterocycles. The van der Waals surface area contributed by atoms with E-state index in [1.165, 1.54) is 6.92 Å². The van der Waals surface area contributed by atoms with E-state index in [-0.39, 0.29) is 36.7 Å². The van der Waals surface area contributed by atoms with Crippen LogP contribution < -0.4 is 16.0 Å². The number of likely N-dealkylation sites (tertiary alicyclic amines) is 1. The first-order valence-corrected chi connectivity index (χ1v) is 10.9. The molecule has 0 saturated carbocycles. The highest BCUT2D eigenvalue weighted by molar-refractivity contribution is 5.94. The van der Waals surface area contributed by atoms with Crippen LogP contribution in [0.1, 0.15) is 56.5 Å². The van der Waals surface area contributed by atoms with E-state index >= 15 is 0 Å². The number of alkyl carbamates (subject to hydrolysis) is 1. The largest absolute Gasteiger partial charge is 0.444 e. The number of piperidine rings is 1. The Morgan fingerprint density at radius 3 is 2.31 bits per heavy atom. The van der Waals surface area contributed by atoms with Gasteiger partial charge in [0.25, 0.3) is 5.91 Å². The lowest BCUT2D eigenvalue weighted by Gasteiger charge is -2.32. The van der Waals surface area contributed by atoms with Gasteiger partial charge in [-0.15, -0.1) is 0 Å². The van der Waals surface area contributed by atoms with Crippen molar-refractivity contribution in [3.05, 3.63) is 35.4 Å². The molecule has 1 aliphatic heterocycles. The lowest BCUT2D eigenvalue weighted by molar-refractivity contribution is -0.126. The maximum Gasteiger partial charge on any atom is 0.407 e. The Labute approximate surface area is 189 Å². The van der Waals surface area contributed by atoms with Gasteiger partial charge in [0, 0.05) is 45.2 Å². The zero-order valence-corrected chi connectivity index (χ0v) is 19.3. The van der Waals surface area contributed by atoms with E-state index < -0.39 is 11.7 Å². The highest BCUT2D eigenvalue weighted by Gasteiger charge is 2.28. The van der Waals surface area contributed by atoms with Crippen LogP contribution in [0.3, 0.4) is 0 Å². The highest BCUT2D eigenvalue weighted by atomic mass is 16.6. The first kappa shape index (κ1) is 25.2. The minimum atomic E-state index is -0.572. The van der Waals surface area contributed by atoms with Gasteiger partial charge in [-0.25, -0.2) is 4.79 Å². The molecule has 1 atom stereocenters. The van der Waals surface area contributed by atoms with Gasteiger partial charge in [-0.05, 0) is 51.3 Å². The summed E-state index contributed by atoms with van der Waals surface area (Å²) < 4.78 is 5.15. The van der Waals surface area contributed by atoms with E-state index in [9.17, 15) is 19.2 Å². The summed E-state index contributed by atoms with van der Waals surface area (Å²) in [6, 6.07) is 7.11. The summed E-state index contributed by atoms with van der Waals surface area (Å²) in [5, 5.41) is 8.14. The van der Waals surface area contributed by atoms with Crippen LogP contribution in [0.15, 0.2) is 24.3 Å². The first-order valence-electron chi connectivity index (χ1n) is 10.9. The summed E-state index contributed by atoms with van der Waals surface area (Å²) in [6.45, 7) is 8.74. The molecule has 0 spiro atoms. The van der Waals surface area contributed by atoms with E-state index in [1.807, 2.05) is 12.1 Å². The lowest BCUT2D eigenvalue weighted by atomic mass is 9.96. The number of carbonyl (C=O) groups is 4. The van der Waals surface area contributed by atoms with Gasteiger partial charge >= 0.3 is 6.09 Å². The van der Waals surface area contributed by atoms with Crippen LogP contribution in [0.5, 0.6) is 0 Å². The van der Waals surface area contributed by atoms with Crippen LogP contribution in [0.2, 0.25) is 0 Å². The maximum absolute atomic E-state index is 12.9. The number of carbonyl (C=O) groups excluding carboxylic acids is 4. The second-order valence-electron chi connectivity index (χ2n) is 8.92. The molecule has 1 unspecified atom stereocenters. The van der Waals surface area contributed by atoms with Gasteiger partial charge in [-0.1, -0.05) is 12.1 Å². The maximum atomic E-state index is 12.9. The molecule has 9 nitrogen and oxygen atoms in total. The molecule has 3 N–H and O–H groups in total. The fraction of sp³-hybridized carbons (Fsp3) is 0.565. The van der Waals surface area contributed by atoms with Crippen molar-refractivity contribution in [3.8, 4) is 0 Å². The minimum Gasteiger partial charge on any atom is -0.444 e. The van der Waals surface area contributed by atoms with Gasteiger partial charge in [0.1, 0.15) is 5.60 Å². The Balaban J connectivity index is 1.79. The van der Waals surface area contributed by atoms with Crippen molar-refractivity contribution in [1.82, 2.24) is 20.9 Å². The van der Waals surface area contributed by atoms with Crippen LogP contribution >= 0.6 is 0 Å². The average Bonchev–Trinajstić information content (AvgIpc) is 2.74.